The number of carbonyl (C=O) groups excluding carboxylic acids is 1. The lowest BCUT2D eigenvalue weighted by atomic mass is 9.83. The van der Waals surface area contributed by atoms with Crippen molar-refractivity contribution in [3.8, 4) is 11.1 Å². The van der Waals surface area contributed by atoms with Crippen LogP contribution in [0.15, 0.2) is 47.2 Å². The number of hydrogen-bond donors (Lipinski definition) is 2. The summed E-state index contributed by atoms with van der Waals surface area (Å²) >= 11 is 0. The average Bonchev–Trinajstić information content (AvgIpc) is 2.85. The summed E-state index contributed by atoms with van der Waals surface area (Å²) in [6.07, 6.45) is -1.90. The number of alkyl halides is 3. The second-order valence-electron chi connectivity index (χ2n) is 8.99. The van der Waals surface area contributed by atoms with Crippen molar-refractivity contribution >= 4 is 17.4 Å². The Morgan fingerprint density at radius 1 is 1.19 bits per heavy atom. The number of aromatic nitrogens is 1. The van der Waals surface area contributed by atoms with Crippen LogP contribution in [0, 0.1) is 23.5 Å². The molecule has 36 heavy (non-hydrogen) atoms. The Kier molecular flexibility index (Phi) is 7.39. The highest BCUT2D eigenvalue weighted by atomic mass is 19.4. The number of hydrogen-bond acceptors (Lipinski definition) is 5. The van der Waals surface area contributed by atoms with Gasteiger partial charge in [-0.05, 0) is 30.7 Å². The Hall–Kier alpha value is -3.34. The van der Waals surface area contributed by atoms with Gasteiger partial charge < -0.3 is 15.4 Å². The molecule has 1 saturated heterocycles. The number of halogens is 5. The fourth-order valence-corrected chi connectivity index (χ4v) is 4.31. The first-order valence-corrected chi connectivity index (χ1v) is 11.5. The molecule has 2 aliphatic rings. The molecule has 3 heterocycles. The number of nitrogens with zero attached hydrogens (tertiary/aromatic N) is 2. The van der Waals surface area contributed by atoms with E-state index in [1.807, 2.05) is 13.8 Å². The summed E-state index contributed by atoms with van der Waals surface area (Å²) in [5, 5.41) is 5.57. The minimum absolute atomic E-state index is 0.0125. The molecule has 0 radical (unpaired) electrons. The lowest BCUT2D eigenvalue weighted by Crippen LogP contribution is -2.38. The molecular formula is C25H25F5N4O2. The molecular weight excluding hydrogens is 483 g/mol. The third kappa shape index (κ3) is 5.40. The first-order chi connectivity index (χ1) is 17.1. The third-order valence-corrected chi connectivity index (χ3v) is 6.22. The van der Waals surface area contributed by atoms with Crippen LogP contribution in [-0.2, 0) is 9.53 Å². The van der Waals surface area contributed by atoms with Gasteiger partial charge in [0.2, 0.25) is 0 Å². The van der Waals surface area contributed by atoms with Gasteiger partial charge in [0.05, 0.1) is 36.0 Å². The van der Waals surface area contributed by atoms with Gasteiger partial charge >= 0.3 is 6.18 Å². The van der Waals surface area contributed by atoms with Gasteiger partial charge in [0.25, 0.3) is 5.91 Å². The van der Waals surface area contributed by atoms with E-state index >= 15 is 0 Å². The number of aliphatic imine (C=N–C) groups is 1. The summed E-state index contributed by atoms with van der Waals surface area (Å²) in [4.78, 5) is 21.7. The van der Waals surface area contributed by atoms with Crippen LogP contribution in [0.2, 0.25) is 0 Å². The normalized spacial score (nSPS) is 20.4. The van der Waals surface area contributed by atoms with E-state index < -0.39 is 42.2 Å². The van der Waals surface area contributed by atoms with Gasteiger partial charge in [-0.2, -0.15) is 13.2 Å². The predicted molar refractivity (Wildman–Crippen MR) is 124 cm³/mol. The second kappa shape index (κ2) is 10.3. The van der Waals surface area contributed by atoms with Gasteiger partial charge in [0.15, 0.2) is 0 Å². The molecule has 0 bridgehead atoms. The van der Waals surface area contributed by atoms with E-state index in [1.54, 1.807) is 0 Å². The van der Waals surface area contributed by atoms with Gasteiger partial charge in [0, 0.05) is 42.0 Å². The summed E-state index contributed by atoms with van der Waals surface area (Å²) in [6, 6.07) is 4.11. The zero-order valence-corrected chi connectivity index (χ0v) is 19.6. The van der Waals surface area contributed by atoms with Crippen molar-refractivity contribution in [2.45, 2.75) is 32.4 Å². The first kappa shape index (κ1) is 25.7. The number of pyridine rings is 1. The number of nitrogens with one attached hydrogen (secondary N) is 2. The van der Waals surface area contributed by atoms with Gasteiger partial charge in [-0.1, -0.05) is 13.8 Å². The molecule has 2 atom stereocenters. The Labute approximate surface area is 204 Å². The smallest absolute Gasteiger partial charge is 0.381 e. The molecule has 1 aromatic heterocycles. The molecule has 11 heteroatoms. The number of carbonyl (C=O) groups is 1. The number of anilines is 1. The minimum atomic E-state index is -4.59. The fraction of sp³-hybridized carbons (Fsp3) is 0.400. The van der Waals surface area contributed by atoms with Crippen molar-refractivity contribution in [1.29, 1.82) is 0 Å². The van der Waals surface area contributed by atoms with Crippen molar-refractivity contribution in [2.75, 3.05) is 25.1 Å². The monoisotopic (exact) mass is 508 g/mol. The van der Waals surface area contributed by atoms with E-state index in [4.69, 9.17) is 4.74 Å². The van der Waals surface area contributed by atoms with Crippen LogP contribution in [0.25, 0.3) is 11.1 Å². The number of amides is 1. The van der Waals surface area contributed by atoms with Crippen molar-refractivity contribution in [3.05, 3.63) is 59.6 Å². The quantitative estimate of drug-likeness (QED) is 0.546. The predicted octanol–water partition coefficient (Wildman–Crippen LogP) is 5.19. The van der Waals surface area contributed by atoms with Gasteiger partial charge in [-0.3, -0.25) is 14.8 Å². The number of amidine groups is 1. The van der Waals surface area contributed by atoms with Crippen molar-refractivity contribution in [3.63, 3.8) is 0 Å². The van der Waals surface area contributed by atoms with E-state index in [-0.39, 0.29) is 53.6 Å². The Morgan fingerprint density at radius 3 is 2.64 bits per heavy atom. The van der Waals surface area contributed by atoms with Crippen LogP contribution in [0.1, 0.15) is 31.9 Å². The molecule has 2 aliphatic heterocycles. The molecule has 4 rings (SSSR count). The summed E-state index contributed by atoms with van der Waals surface area (Å²) in [5.74, 6) is -4.43. The van der Waals surface area contributed by atoms with Crippen molar-refractivity contribution in [2.24, 2.45) is 16.8 Å². The van der Waals surface area contributed by atoms with Gasteiger partial charge in [0.1, 0.15) is 17.5 Å². The van der Waals surface area contributed by atoms with Crippen LogP contribution in [0.4, 0.5) is 27.6 Å². The van der Waals surface area contributed by atoms with Gasteiger partial charge in [-0.15, -0.1) is 0 Å². The zero-order chi connectivity index (χ0) is 26.0. The molecule has 6 nitrogen and oxygen atoms in total. The van der Waals surface area contributed by atoms with E-state index in [1.165, 1.54) is 18.5 Å². The molecule has 0 spiro atoms. The minimum Gasteiger partial charge on any atom is -0.381 e. The molecule has 2 N–H and O–H groups in total. The Bertz CT molecular complexity index is 1210. The second-order valence-corrected chi connectivity index (χ2v) is 8.99. The Morgan fingerprint density at radius 2 is 1.97 bits per heavy atom. The molecule has 2 unspecified atom stereocenters. The largest absolute Gasteiger partial charge is 0.394 e. The molecule has 0 saturated carbocycles. The third-order valence-electron chi connectivity index (χ3n) is 6.22. The van der Waals surface area contributed by atoms with Crippen LogP contribution in [-0.4, -0.2) is 42.7 Å². The Balaban J connectivity index is 1.79. The lowest BCUT2D eigenvalue weighted by Gasteiger charge is -2.34. The first-order valence-electron chi connectivity index (χ1n) is 11.5. The van der Waals surface area contributed by atoms with Crippen LogP contribution >= 0.6 is 0 Å². The molecule has 1 fully saturated rings. The van der Waals surface area contributed by atoms with E-state index in [0.717, 1.165) is 18.2 Å². The van der Waals surface area contributed by atoms with E-state index in [2.05, 4.69) is 20.6 Å². The van der Waals surface area contributed by atoms with Gasteiger partial charge in [-0.25, -0.2) is 8.78 Å². The number of rotatable bonds is 5. The maximum absolute atomic E-state index is 14.7. The SMILES string of the molecule is CC(C)C1=NCC(C(=O)Nc2c(-c3cc(F)ccc3F)ccnc2C2CCOCC2C(F)(F)F)=CN1. The number of ether oxygens (including phenoxy) is 1. The molecule has 192 valence electrons. The highest BCUT2D eigenvalue weighted by Gasteiger charge is 2.48. The molecule has 1 aromatic carbocycles. The summed E-state index contributed by atoms with van der Waals surface area (Å²) < 4.78 is 75.5. The number of benzene rings is 1. The van der Waals surface area contributed by atoms with E-state index in [9.17, 15) is 26.7 Å². The molecule has 1 amide bonds. The lowest BCUT2D eigenvalue weighted by molar-refractivity contribution is -0.206. The van der Waals surface area contributed by atoms with Crippen molar-refractivity contribution < 1.29 is 31.5 Å². The van der Waals surface area contributed by atoms with Crippen LogP contribution in [0.5, 0.6) is 0 Å². The summed E-state index contributed by atoms with van der Waals surface area (Å²) in [6.45, 7) is 3.40. The van der Waals surface area contributed by atoms with E-state index in [0.29, 0.717) is 5.84 Å². The standard InChI is InChI=1S/C25H25F5N4O2/c1-13(2)23-32-10-14(11-33-23)24(35)34-22-16(18-9-15(26)3-4-20(18)27)5-7-31-21(22)17-6-8-36-12-19(17)25(28,29)30/h3-5,7,9-10,13,17,19H,6,8,11-12H2,1-2H3,(H,32,33)(H,34,35). The summed E-state index contributed by atoms with van der Waals surface area (Å²) in [7, 11) is 0. The van der Waals surface area contributed by atoms with Crippen LogP contribution in [0.3, 0.4) is 0 Å². The zero-order valence-electron chi connectivity index (χ0n) is 19.6. The van der Waals surface area contributed by atoms with Crippen molar-refractivity contribution in [1.82, 2.24) is 10.3 Å². The average molecular weight is 508 g/mol. The van der Waals surface area contributed by atoms with Crippen LogP contribution < -0.4 is 10.6 Å². The topological polar surface area (TPSA) is 75.6 Å². The highest BCUT2D eigenvalue weighted by Crippen LogP contribution is 2.45. The summed E-state index contributed by atoms with van der Waals surface area (Å²) in [5.41, 5.74) is -0.133. The fourth-order valence-electron chi connectivity index (χ4n) is 4.31. The maximum atomic E-state index is 14.7. The highest BCUT2D eigenvalue weighted by molar-refractivity contribution is 6.07. The maximum Gasteiger partial charge on any atom is 0.394 e. The molecule has 0 aliphatic carbocycles. The molecule has 2 aromatic rings.